The molecule has 2 atom stereocenters. The average Bonchev–Trinajstić information content (AvgIpc) is 2.26. The molecule has 1 heterocycles. The summed E-state index contributed by atoms with van der Waals surface area (Å²) in [5.41, 5.74) is 0.760. The zero-order valence-corrected chi connectivity index (χ0v) is 10.7. The van der Waals surface area contributed by atoms with E-state index in [0.29, 0.717) is 11.3 Å². The van der Waals surface area contributed by atoms with Crippen LogP contribution in [-0.4, -0.2) is 21.8 Å². The van der Waals surface area contributed by atoms with Gasteiger partial charge in [0.1, 0.15) is 21.4 Å². The van der Waals surface area contributed by atoms with E-state index < -0.39 is 31.9 Å². The highest BCUT2D eigenvalue weighted by Gasteiger charge is 2.19. The van der Waals surface area contributed by atoms with Crippen LogP contribution in [0, 0.1) is 0 Å². The van der Waals surface area contributed by atoms with Gasteiger partial charge in [0.05, 0.1) is 16.2 Å². The van der Waals surface area contributed by atoms with Gasteiger partial charge in [-0.1, -0.05) is 6.07 Å². The Kier molecular flexibility index (Phi) is 4.43. The first-order chi connectivity index (χ1) is 7.45. The summed E-state index contributed by atoms with van der Waals surface area (Å²) in [5, 5.41) is -1.50. The summed E-state index contributed by atoms with van der Waals surface area (Å²) in [4.78, 5) is 3.95. The molecular formula is C9H13NO4S2. The Balaban J connectivity index is 3.30. The summed E-state index contributed by atoms with van der Waals surface area (Å²) in [6, 6.07) is 3.19. The number of nitrogens with zero attached hydrogens (tertiary/aromatic N) is 1. The summed E-state index contributed by atoms with van der Waals surface area (Å²) in [7, 11) is -5.29. The third-order valence-corrected chi connectivity index (χ3v) is 4.14. The molecule has 0 aromatic carbocycles. The van der Waals surface area contributed by atoms with Crippen LogP contribution in [0.2, 0.25) is 0 Å². The van der Waals surface area contributed by atoms with Crippen molar-refractivity contribution in [2.45, 2.75) is 24.3 Å². The Hall–Kier alpha value is -0.950. The molecule has 0 amide bonds. The molecule has 0 radical (unpaired) electrons. The largest absolute Gasteiger partial charge is 0.260 e. The molecule has 0 spiro atoms. The Morgan fingerprint density at radius 2 is 1.62 bits per heavy atom. The molecule has 0 aliphatic rings. The van der Waals surface area contributed by atoms with Gasteiger partial charge in [-0.2, -0.15) is 0 Å². The standard InChI is InChI=1S/C9H13NO4S2/c1-6(15(11)12)8-4-3-5-10-9(8)7(2)16(13)14/h3-7,15-16H,1-2H3. The van der Waals surface area contributed by atoms with Crippen LogP contribution in [0.15, 0.2) is 18.3 Å². The maximum Gasteiger partial charge on any atom is 0.148 e. The van der Waals surface area contributed by atoms with Crippen molar-refractivity contribution in [1.82, 2.24) is 4.98 Å². The lowest BCUT2D eigenvalue weighted by Crippen LogP contribution is -2.07. The van der Waals surface area contributed by atoms with E-state index in [2.05, 4.69) is 4.98 Å². The van der Waals surface area contributed by atoms with Gasteiger partial charge in [0.25, 0.3) is 0 Å². The normalized spacial score (nSPS) is 15.2. The molecule has 1 aromatic rings. The molecule has 0 fully saturated rings. The molecule has 0 bridgehead atoms. The van der Waals surface area contributed by atoms with Crippen molar-refractivity contribution in [3.05, 3.63) is 29.6 Å². The number of hydrogen-bond donors (Lipinski definition) is 2. The molecule has 2 unspecified atom stereocenters. The van der Waals surface area contributed by atoms with E-state index >= 15 is 0 Å². The Bertz CT molecular complexity index is 459. The lowest BCUT2D eigenvalue weighted by Gasteiger charge is -2.12. The lowest BCUT2D eigenvalue weighted by atomic mass is 10.1. The maximum absolute atomic E-state index is 10.9. The van der Waals surface area contributed by atoms with Crippen molar-refractivity contribution >= 4 is 21.4 Å². The van der Waals surface area contributed by atoms with Crippen molar-refractivity contribution in [3.8, 4) is 0 Å². The zero-order valence-electron chi connectivity index (χ0n) is 8.86. The zero-order chi connectivity index (χ0) is 12.3. The first-order valence-corrected chi connectivity index (χ1v) is 7.16. The van der Waals surface area contributed by atoms with Crippen LogP contribution in [0.3, 0.4) is 0 Å². The first-order valence-electron chi connectivity index (χ1n) is 4.67. The molecule has 0 aliphatic heterocycles. The number of rotatable bonds is 4. The van der Waals surface area contributed by atoms with E-state index in [1.54, 1.807) is 12.1 Å². The van der Waals surface area contributed by atoms with E-state index in [4.69, 9.17) is 0 Å². The quantitative estimate of drug-likeness (QED) is 0.770. The van der Waals surface area contributed by atoms with E-state index in [1.807, 2.05) is 0 Å². The maximum atomic E-state index is 10.9. The fourth-order valence-electron chi connectivity index (χ4n) is 1.35. The van der Waals surface area contributed by atoms with Crippen LogP contribution in [0.1, 0.15) is 35.6 Å². The Morgan fingerprint density at radius 1 is 1.06 bits per heavy atom. The van der Waals surface area contributed by atoms with Gasteiger partial charge < -0.3 is 0 Å². The van der Waals surface area contributed by atoms with Gasteiger partial charge in [-0.3, -0.25) is 4.98 Å². The van der Waals surface area contributed by atoms with Gasteiger partial charge in [-0.05, 0) is 25.5 Å². The summed E-state index contributed by atoms with van der Waals surface area (Å²) < 4.78 is 43.6. The van der Waals surface area contributed by atoms with Gasteiger partial charge in [-0.25, -0.2) is 16.8 Å². The molecule has 0 aliphatic carbocycles. The van der Waals surface area contributed by atoms with Gasteiger partial charge in [0.2, 0.25) is 0 Å². The molecule has 7 heteroatoms. The number of hydrogen-bond acceptors (Lipinski definition) is 5. The van der Waals surface area contributed by atoms with Crippen LogP contribution in [0.25, 0.3) is 0 Å². The molecule has 90 valence electrons. The van der Waals surface area contributed by atoms with E-state index in [0.717, 1.165) is 0 Å². The molecule has 16 heavy (non-hydrogen) atoms. The number of thiol groups is 2. The highest BCUT2D eigenvalue weighted by molar-refractivity contribution is 7.73. The Labute approximate surface area is 97.4 Å². The Morgan fingerprint density at radius 3 is 2.12 bits per heavy atom. The second kappa shape index (κ2) is 5.40. The van der Waals surface area contributed by atoms with Crippen molar-refractivity contribution in [3.63, 3.8) is 0 Å². The van der Waals surface area contributed by atoms with Crippen LogP contribution in [0.5, 0.6) is 0 Å². The van der Waals surface area contributed by atoms with Crippen molar-refractivity contribution < 1.29 is 16.8 Å². The van der Waals surface area contributed by atoms with E-state index in [9.17, 15) is 16.8 Å². The molecule has 0 N–H and O–H groups in total. The monoisotopic (exact) mass is 263 g/mol. The van der Waals surface area contributed by atoms with Crippen molar-refractivity contribution in [1.29, 1.82) is 0 Å². The SMILES string of the molecule is CC(c1cccnc1C(C)[SH](=O)=O)[SH](=O)=O. The summed E-state index contributed by atoms with van der Waals surface area (Å²) in [6.45, 7) is 3.00. The minimum absolute atomic E-state index is 0.310. The highest BCUT2D eigenvalue weighted by atomic mass is 32.2. The van der Waals surface area contributed by atoms with E-state index in [1.165, 1.54) is 20.0 Å². The van der Waals surface area contributed by atoms with Crippen LogP contribution in [0.4, 0.5) is 0 Å². The van der Waals surface area contributed by atoms with Crippen molar-refractivity contribution in [2.24, 2.45) is 0 Å². The fourth-order valence-corrected chi connectivity index (χ4v) is 2.21. The third-order valence-electron chi connectivity index (χ3n) is 2.35. The minimum Gasteiger partial charge on any atom is -0.260 e. The predicted molar refractivity (Wildman–Crippen MR) is 61.7 cm³/mol. The highest BCUT2D eigenvalue weighted by Crippen LogP contribution is 2.25. The van der Waals surface area contributed by atoms with Crippen LogP contribution < -0.4 is 0 Å². The topological polar surface area (TPSA) is 81.2 Å². The third kappa shape index (κ3) is 2.79. The van der Waals surface area contributed by atoms with Gasteiger partial charge >= 0.3 is 0 Å². The van der Waals surface area contributed by atoms with Crippen LogP contribution >= 0.6 is 0 Å². The number of aromatic nitrogens is 1. The molecular weight excluding hydrogens is 250 g/mol. The average molecular weight is 263 g/mol. The molecule has 1 aromatic heterocycles. The summed E-state index contributed by atoms with van der Waals surface area (Å²) in [5.74, 6) is 0. The smallest absolute Gasteiger partial charge is 0.148 e. The molecule has 0 saturated carbocycles. The fraction of sp³-hybridized carbons (Fsp3) is 0.444. The van der Waals surface area contributed by atoms with E-state index in [-0.39, 0.29) is 0 Å². The first kappa shape index (κ1) is 13.1. The number of pyridine rings is 1. The second-order valence-corrected chi connectivity index (χ2v) is 6.09. The molecule has 5 nitrogen and oxygen atoms in total. The summed E-state index contributed by atoms with van der Waals surface area (Å²) >= 11 is 0. The van der Waals surface area contributed by atoms with Crippen molar-refractivity contribution in [2.75, 3.05) is 0 Å². The lowest BCUT2D eigenvalue weighted by molar-refractivity contribution is 0.599. The second-order valence-electron chi connectivity index (χ2n) is 3.40. The minimum atomic E-state index is -2.66. The van der Waals surface area contributed by atoms with Gasteiger partial charge in [-0.15, -0.1) is 0 Å². The predicted octanol–water partition coefficient (Wildman–Crippen LogP) is 0.426. The summed E-state index contributed by atoms with van der Waals surface area (Å²) in [6.07, 6.45) is 1.46. The van der Waals surface area contributed by atoms with Gasteiger partial charge in [0.15, 0.2) is 0 Å². The molecule has 1 rings (SSSR count). The molecule has 0 saturated heterocycles. The van der Waals surface area contributed by atoms with Crippen LogP contribution in [-0.2, 0) is 21.4 Å². The van der Waals surface area contributed by atoms with Gasteiger partial charge in [0, 0.05) is 6.20 Å².